The van der Waals surface area contributed by atoms with Crippen molar-refractivity contribution in [2.75, 3.05) is 6.54 Å². The van der Waals surface area contributed by atoms with E-state index in [1.54, 1.807) is 6.07 Å². The summed E-state index contributed by atoms with van der Waals surface area (Å²) < 4.78 is 95.6. The zero-order valence-corrected chi connectivity index (χ0v) is 22.5. The summed E-state index contributed by atoms with van der Waals surface area (Å²) >= 11 is 0. The molecule has 206 valence electrons. The molecule has 38 heavy (non-hydrogen) atoms. The minimum Gasteiger partial charge on any atom is -0.406 e. The zero-order chi connectivity index (χ0) is 27.8. The third-order valence-electron chi connectivity index (χ3n) is 5.84. The molecule has 0 fully saturated rings. The average Bonchev–Trinajstić information content (AvgIpc) is 2.88. The molecular weight excluding hydrogens is 539 g/mol. The van der Waals surface area contributed by atoms with E-state index in [1.165, 1.54) is 60.7 Å². The van der Waals surface area contributed by atoms with Crippen molar-refractivity contribution in [2.45, 2.75) is 61.6 Å². The van der Waals surface area contributed by atoms with Gasteiger partial charge in [-0.3, -0.25) is 0 Å². The van der Waals surface area contributed by atoms with Gasteiger partial charge in [0.2, 0.25) is 0 Å². The number of unbranched alkanes of at least 4 members (excludes halogenated alkanes) is 5. The van der Waals surface area contributed by atoms with Crippen LogP contribution in [0.15, 0.2) is 88.7 Å². The second kappa shape index (κ2) is 12.8. The lowest BCUT2D eigenvalue weighted by molar-refractivity contribution is -0.274. The lowest BCUT2D eigenvalue weighted by Gasteiger charge is -2.22. The second-order valence-corrected chi connectivity index (χ2v) is 12.6. The molecule has 0 saturated heterocycles. The number of halogens is 3. The van der Waals surface area contributed by atoms with Crippen LogP contribution in [-0.2, 0) is 20.0 Å². The van der Waals surface area contributed by atoms with Gasteiger partial charge >= 0.3 is 6.36 Å². The van der Waals surface area contributed by atoms with E-state index in [4.69, 9.17) is 0 Å². The number of ether oxygens (including phenoxy) is 1. The molecule has 0 aromatic heterocycles. The van der Waals surface area contributed by atoms with Gasteiger partial charge in [0.25, 0.3) is 20.0 Å². The Hall–Kier alpha value is -2.89. The number of benzene rings is 3. The van der Waals surface area contributed by atoms with E-state index in [-0.39, 0.29) is 22.1 Å². The molecule has 3 aromatic carbocycles. The van der Waals surface area contributed by atoms with Crippen LogP contribution in [0.25, 0.3) is 11.1 Å². The standard InChI is InChI=1S/C27H30F3NO5S2/c1-2-3-4-5-6-10-21-31(37(32,33)25-11-8-7-9-12-25)38(34,35)26-19-15-23(16-20-26)22-13-17-24(18-14-22)36-27(28,29)30/h7-9,11-20H,2-6,10,21H2,1H3. The van der Waals surface area contributed by atoms with E-state index in [2.05, 4.69) is 11.7 Å². The van der Waals surface area contributed by atoms with Gasteiger partial charge in [-0.2, -0.15) is 0 Å². The van der Waals surface area contributed by atoms with Crippen LogP contribution < -0.4 is 4.74 Å². The Morgan fingerprint density at radius 2 is 1.13 bits per heavy atom. The minimum absolute atomic E-state index is 0.118. The number of nitrogens with zero attached hydrogens (tertiary/aromatic N) is 1. The lowest BCUT2D eigenvalue weighted by Crippen LogP contribution is -2.37. The van der Waals surface area contributed by atoms with Crippen molar-refractivity contribution >= 4 is 20.0 Å². The summed E-state index contributed by atoms with van der Waals surface area (Å²) in [6.45, 7) is 1.90. The largest absolute Gasteiger partial charge is 0.573 e. The summed E-state index contributed by atoms with van der Waals surface area (Å²) in [7, 11) is -8.78. The Bertz CT molecular complexity index is 1380. The predicted molar refractivity (Wildman–Crippen MR) is 139 cm³/mol. The van der Waals surface area contributed by atoms with Crippen molar-refractivity contribution in [1.29, 1.82) is 0 Å². The van der Waals surface area contributed by atoms with E-state index in [0.29, 0.717) is 27.7 Å². The number of alkyl halides is 3. The normalized spacial score (nSPS) is 12.6. The molecule has 0 unspecified atom stereocenters. The Labute approximate surface area is 222 Å². The molecule has 0 bridgehead atoms. The van der Waals surface area contributed by atoms with Crippen molar-refractivity contribution in [3.05, 3.63) is 78.9 Å². The van der Waals surface area contributed by atoms with E-state index in [9.17, 15) is 30.0 Å². The first-order valence-corrected chi connectivity index (χ1v) is 15.1. The van der Waals surface area contributed by atoms with Crippen LogP contribution in [0.5, 0.6) is 5.75 Å². The van der Waals surface area contributed by atoms with Gasteiger partial charge in [0.1, 0.15) is 5.75 Å². The van der Waals surface area contributed by atoms with E-state index < -0.39 is 26.4 Å². The van der Waals surface area contributed by atoms with Crippen molar-refractivity contribution < 1.29 is 34.7 Å². The fraction of sp³-hybridized carbons (Fsp3) is 0.333. The van der Waals surface area contributed by atoms with Crippen molar-refractivity contribution in [3.63, 3.8) is 0 Å². The molecule has 11 heteroatoms. The summed E-state index contributed by atoms with van der Waals surface area (Å²) in [4.78, 5) is -0.323. The molecule has 3 aromatic rings. The SMILES string of the molecule is CCCCCCCCN(S(=O)(=O)c1ccccc1)S(=O)(=O)c1ccc(-c2ccc(OC(F)(F)F)cc2)cc1. The van der Waals surface area contributed by atoms with Gasteiger partial charge in [0, 0.05) is 6.54 Å². The summed E-state index contributed by atoms with van der Waals surface area (Å²) in [6, 6.07) is 18.1. The quantitative estimate of drug-likeness (QED) is 0.207. The smallest absolute Gasteiger partial charge is 0.406 e. The molecule has 0 aliphatic heterocycles. The highest BCUT2D eigenvalue weighted by Crippen LogP contribution is 2.29. The van der Waals surface area contributed by atoms with Crippen molar-refractivity contribution in [3.8, 4) is 16.9 Å². The van der Waals surface area contributed by atoms with Crippen LogP contribution >= 0.6 is 0 Å². The summed E-state index contributed by atoms with van der Waals surface area (Å²) in [6.07, 6.45) is 0.287. The molecule has 6 nitrogen and oxygen atoms in total. The molecule has 0 heterocycles. The maximum absolute atomic E-state index is 13.6. The number of sulfonamides is 2. The molecular formula is C27H30F3NO5S2. The van der Waals surface area contributed by atoms with Gasteiger partial charge in [0.15, 0.2) is 0 Å². The first-order chi connectivity index (χ1) is 17.9. The van der Waals surface area contributed by atoms with Gasteiger partial charge in [-0.05, 0) is 53.9 Å². The molecule has 3 rings (SSSR count). The monoisotopic (exact) mass is 569 g/mol. The second-order valence-electron chi connectivity index (χ2n) is 8.68. The minimum atomic E-state index is -4.81. The first kappa shape index (κ1) is 29.7. The summed E-state index contributed by atoms with van der Waals surface area (Å²) in [5, 5.41) is 0. The Balaban J connectivity index is 1.85. The zero-order valence-electron chi connectivity index (χ0n) is 20.9. The molecule has 0 saturated carbocycles. The third kappa shape index (κ3) is 7.81. The van der Waals surface area contributed by atoms with Gasteiger partial charge in [0.05, 0.1) is 9.79 Å². The van der Waals surface area contributed by atoms with Crippen LogP contribution in [0.4, 0.5) is 13.2 Å². The maximum Gasteiger partial charge on any atom is 0.573 e. The molecule has 0 amide bonds. The van der Waals surface area contributed by atoms with Crippen molar-refractivity contribution in [1.82, 2.24) is 3.71 Å². The van der Waals surface area contributed by atoms with Crippen LogP contribution in [0, 0.1) is 0 Å². The molecule has 0 aliphatic carbocycles. The number of rotatable bonds is 13. The van der Waals surface area contributed by atoms with Crippen molar-refractivity contribution in [2.24, 2.45) is 0 Å². The average molecular weight is 570 g/mol. The lowest BCUT2D eigenvalue weighted by atomic mass is 10.1. The number of hydrogen-bond donors (Lipinski definition) is 0. The number of hydrogen-bond acceptors (Lipinski definition) is 5. The Kier molecular flexibility index (Phi) is 9.97. The highest BCUT2D eigenvalue weighted by molar-refractivity contribution is 8.04. The van der Waals surface area contributed by atoms with E-state index in [1.807, 2.05) is 0 Å². The molecule has 0 N–H and O–H groups in total. The van der Waals surface area contributed by atoms with Gasteiger partial charge < -0.3 is 4.74 Å². The highest BCUT2D eigenvalue weighted by Gasteiger charge is 2.36. The van der Waals surface area contributed by atoms with Crippen LogP contribution in [0.1, 0.15) is 45.4 Å². The molecule has 0 spiro atoms. The predicted octanol–water partition coefficient (Wildman–Crippen LogP) is 6.99. The van der Waals surface area contributed by atoms with Gasteiger partial charge in [-0.1, -0.05) is 85.2 Å². The Morgan fingerprint density at radius 1 is 0.658 bits per heavy atom. The third-order valence-corrected chi connectivity index (χ3v) is 10.2. The van der Waals surface area contributed by atoms with Gasteiger partial charge in [-0.15, -0.1) is 13.2 Å². The van der Waals surface area contributed by atoms with Crippen LogP contribution in [0.3, 0.4) is 0 Å². The summed E-state index contributed by atoms with van der Waals surface area (Å²) in [5.74, 6) is -0.378. The fourth-order valence-corrected chi connectivity index (χ4v) is 7.63. The summed E-state index contributed by atoms with van der Waals surface area (Å²) in [5.41, 5.74) is 1.07. The van der Waals surface area contributed by atoms with E-state index in [0.717, 1.165) is 37.8 Å². The molecule has 0 aliphatic rings. The highest BCUT2D eigenvalue weighted by atomic mass is 32.3. The van der Waals surface area contributed by atoms with Gasteiger partial charge in [-0.25, -0.2) is 16.8 Å². The first-order valence-electron chi connectivity index (χ1n) is 12.2. The fourth-order valence-electron chi connectivity index (χ4n) is 3.89. The van der Waals surface area contributed by atoms with Crippen LogP contribution in [0.2, 0.25) is 0 Å². The van der Waals surface area contributed by atoms with E-state index >= 15 is 0 Å². The molecule has 0 radical (unpaired) electrons. The Morgan fingerprint density at radius 3 is 1.66 bits per heavy atom. The van der Waals surface area contributed by atoms with Crippen LogP contribution in [-0.4, -0.2) is 33.5 Å². The maximum atomic E-state index is 13.6. The topological polar surface area (TPSA) is 80.8 Å². The molecule has 0 atom stereocenters.